The number of nitrogens with two attached hydrogens (primary N) is 1. The highest BCUT2D eigenvalue weighted by Crippen LogP contribution is 2.26. The first-order chi connectivity index (χ1) is 11.7. The predicted octanol–water partition coefficient (Wildman–Crippen LogP) is 1.13. The van der Waals surface area contributed by atoms with Crippen LogP contribution in [0.5, 0.6) is 0 Å². The van der Waals surface area contributed by atoms with Crippen LogP contribution in [0.15, 0.2) is 24.3 Å². The molecule has 3 rings (SSSR count). The van der Waals surface area contributed by atoms with Crippen LogP contribution in [0.3, 0.4) is 0 Å². The molecule has 0 aliphatic carbocycles. The van der Waals surface area contributed by atoms with E-state index in [0.717, 1.165) is 42.7 Å². The number of carbonyl (C=O) groups is 1. The number of anilines is 2. The van der Waals surface area contributed by atoms with Crippen molar-refractivity contribution < 1.29 is 9.90 Å². The van der Waals surface area contributed by atoms with Crippen LogP contribution in [0.2, 0.25) is 0 Å². The van der Waals surface area contributed by atoms with Gasteiger partial charge in [0.15, 0.2) is 0 Å². The molecule has 0 spiro atoms. The van der Waals surface area contributed by atoms with Gasteiger partial charge in [-0.15, -0.1) is 0 Å². The molecule has 1 saturated heterocycles. The molecule has 0 unspecified atom stereocenters. The second-order valence-electron chi connectivity index (χ2n) is 6.06. The van der Waals surface area contributed by atoms with E-state index in [2.05, 4.69) is 20.2 Å². The van der Waals surface area contributed by atoms with E-state index in [1.54, 1.807) is 0 Å². The van der Waals surface area contributed by atoms with Crippen LogP contribution >= 0.6 is 0 Å². The number of nitrogens with zero attached hydrogens (tertiary/aromatic N) is 3. The minimum atomic E-state index is -0.222. The lowest BCUT2D eigenvalue weighted by atomic mass is 9.96. The maximum atomic E-state index is 11.3. The summed E-state index contributed by atoms with van der Waals surface area (Å²) in [6.45, 7) is 2.24. The number of aliphatic hydroxyl groups is 1. The summed E-state index contributed by atoms with van der Waals surface area (Å²) < 4.78 is 0. The normalized spacial score (nSPS) is 15.6. The van der Waals surface area contributed by atoms with Crippen molar-refractivity contribution in [3.05, 3.63) is 24.3 Å². The number of para-hydroxylation sites is 1. The van der Waals surface area contributed by atoms with Crippen LogP contribution in [0, 0.1) is 5.92 Å². The largest absolute Gasteiger partial charge is 0.396 e. The molecular formula is C17H23N5O2. The zero-order valence-corrected chi connectivity index (χ0v) is 13.6. The van der Waals surface area contributed by atoms with E-state index in [4.69, 9.17) is 10.8 Å². The molecule has 2 heterocycles. The molecule has 1 aromatic carbocycles. The number of amides is 1. The van der Waals surface area contributed by atoms with Crippen LogP contribution in [0.25, 0.3) is 10.9 Å². The van der Waals surface area contributed by atoms with Gasteiger partial charge in [-0.05, 0) is 31.4 Å². The Morgan fingerprint density at radius 1 is 1.29 bits per heavy atom. The molecule has 0 saturated carbocycles. The quantitative estimate of drug-likeness (QED) is 0.686. The maximum absolute atomic E-state index is 11.3. The number of fused-ring (bicyclic) bond motifs is 1. The van der Waals surface area contributed by atoms with E-state index in [9.17, 15) is 4.79 Å². The minimum absolute atomic E-state index is 0.0520. The average molecular weight is 329 g/mol. The number of carbonyl (C=O) groups excluding carboxylic acids is 1. The van der Waals surface area contributed by atoms with Crippen LogP contribution in [-0.2, 0) is 4.79 Å². The Hall–Kier alpha value is -2.41. The third-order valence-corrected chi connectivity index (χ3v) is 4.40. The first kappa shape index (κ1) is 16.4. The Kier molecular flexibility index (Phi) is 5.10. The third kappa shape index (κ3) is 3.56. The summed E-state index contributed by atoms with van der Waals surface area (Å²) in [6.07, 6.45) is 2.13. The van der Waals surface area contributed by atoms with Gasteiger partial charge in [0.05, 0.1) is 5.52 Å². The van der Waals surface area contributed by atoms with Crippen molar-refractivity contribution in [3.63, 3.8) is 0 Å². The molecule has 1 amide bonds. The van der Waals surface area contributed by atoms with Crippen molar-refractivity contribution in [2.24, 2.45) is 11.7 Å². The molecule has 128 valence electrons. The maximum Gasteiger partial charge on any atom is 0.227 e. The van der Waals surface area contributed by atoms with E-state index in [0.29, 0.717) is 18.9 Å². The highest BCUT2D eigenvalue weighted by atomic mass is 16.3. The Bertz CT molecular complexity index is 713. The molecule has 24 heavy (non-hydrogen) atoms. The van der Waals surface area contributed by atoms with Crippen LogP contribution < -0.4 is 16.0 Å². The van der Waals surface area contributed by atoms with Gasteiger partial charge in [-0.3, -0.25) is 4.79 Å². The molecule has 1 fully saturated rings. The number of piperidine rings is 1. The lowest BCUT2D eigenvalue weighted by Gasteiger charge is -2.30. The highest BCUT2D eigenvalue weighted by Gasteiger charge is 2.25. The number of rotatable bonds is 6. The fraction of sp³-hybridized carbons (Fsp3) is 0.471. The molecule has 2 aromatic rings. The lowest BCUT2D eigenvalue weighted by molar-refractivity contribution is -0.122. The number of hydrogen-bond acceptors (Lipinski definition) is 6. The van der Waals surface area contributed by atoms with Gasteiger partial charge in [0, 0.05) is 37.5 Å². The van der Waals surface area contributed by atoms with Gasteiger partial charge in [-0.1, -0.05) is 12.1 Å². The standard InChI is InChI=1S/C17H23N5O2/c18-15(24)12-6-9-22(10-7-12)17-20-14-5-2-1-4-13(14)16(21-17)19-8-3-11-23/h1-2,4-5,12,23H,3,6-11H2,(H2,18,24)(H,19,20,21). The predicted molar refractivity (Wildman–Crippen MR) is 93.9 cm³/mol. The SMILES string of the molecule is NC(=O)C1CCN(c2nc(NCCCO)c3ccccc3n2)CC1. The van der Waals surface area contributed by atoms with E-state index in [1.807, 2.05) is 24.3 Å². The Morgan fingerprint density at radius 2 is 2.04 bits per heavy atom. The van der Waals surface area contributed by atoms with Gasteiger partial charge in [0.25, 0.3) is 0 Å². The smallest absolute Gasteiger partial charge is 0.227 e. The molecular weight excluding hydrogens is 306 g/mol. The molecule has 1 aliphatic rings. The summed E-state index contributed by atoms with van der Waals surface area (Å²) in [6, 6.07) is 7.87. The Balaban J connectivity index is 1.84. The van der Waals surface area contributed by atoms with Gasteiger partial charge in [0.2, 0.25) is 11.9 Å². The number of aromatic nitrogens is 2. The fourth-order valence-corrected chi connectivity index (χ4v) is 2.99. The van der Waals surface area contributed by atoms with Crippen molar-refractivity contribution in [2.75, 3.05) is 36.5 Å². The van der Waals surface area contributed by atoms with Gasteiger partial charge in [0.1, 0.15) is 5.82 Å². The van der Waals surface area contributed by atoms with Crippen LogP contribution in [0.1, 0.15) is 19.3 Å². The zero-order valence-electron chi connectivity index (χ0n) is 13.6. The third-order valence-electron chi connectivity index (χ3n) is 4.40. The van der Waals surface area contributed by atoms with E-state index < -0.39 is 0 Å². The van der Waals surface area contributed by atoms with Crippen LogP contribution in [0.4, 0.5) is 11.8 Å². The van der Waals surface area contributed by atoms with Crippen LogP contribution in [-0.4, -0.2) is 47.2 Å². The number of hydrogen-bond donors (Lipinski definition) is 3. The van der Waals surface area contributed by atoms with E-state index in [1.165, 1.54) is 0 Å². The summed E-state index contributed by atoms with van der Waals surface area (Å²) in [5.74, 6) is 1.17. The van der Waals surface area contributed by atoms with Gasteiger partial charge in [-0.2, -0.15) is 4.98 Å². The highest BCUT2D eigenvalue weighted by molar-refractivity contribution is 5.90. The summed E-state index contributed by atoms with van der Waals surface area (Å²) >= 11 is 0. The monoisotopic (exact) mass is 329 g/mol. The molecule has 4 N–H and O–H groups in total. The summed E-state index contributed by atoms with van der Waals surface area (Å²) in [5.41, 5.74) is 6.28. The van der Waals surface area contributed by atoms with Crippen molar-refractivity contribution in [2.45, 2.75) is 19.3 Å². The molecule has 0 radical (unpaired) electrons. The Labute approximate surface area is 140 Å². The first-order valence-electron chi connectivity index (χ1n) is 8.35. The van der Waals surface area contributed by atoms with Gasteiger partial charge in [-0.25, -0.2) is 4.98 Å². The minimum Gasteiger partial charge on any atom is -0.396 e. The number of primary amides is 1. The Morgan fingerprint density at radius 3 is 2.75 bits per heavy atom. The number of benzene rings is 1. The fourth-order valence-electron chi connectivity index (χ4n) is 2.99. The topological polar surface area (TPSA) is 104 Å². The number of aliphatic hydroxyl groups excluding tert-OH is 1. The second kappa shape index (κ2) is 7.44. The molecule has 0 atom stereocenters. The summed E-state index contributed by atoms with van der Waals surface area (Å²) in [4.78, 5) is 22.8. The molecule has 7 nitrogen and oxygen atoms in total. The molecule has 1 aromatic heterocycles. The van der Waals surface area contributed by atoms with E-state index in [-0.39, 0.29) is 18.4 Å². The first-order valence-corrected chi connectivity index (χ1v) is 8.35. The summed E-state index contributed by atoms with van der Waals surface area (Å²) in [5, 5.41) is 13.2. The van der Waals surface area contributed by atoms with Gasteiger partial charge >= 0.3 is 0 Å². The zero-order chi connectivity index (χ0) is 16.9. The van der Waals surface area contributed by atoms with Crippen molar-refractivity contribution in [3.8, 4) is 0 Å². The number of nitrogens with one attached hydrogen (secondary N) is 1. The average Bonchev–Trinajstić information content (AvgIpc) is 2.62. The second-order valence-corrected chi connectivity index (χ2v) is 6.06. The molecule has 1 aliphatic heterocycles. The molecule has 7 heteroatoms. The van der Waals surface area contributed by atoms with Crippen molar-refractivity contribution >= 4 is 28.6 Å². The summed E-state index contributed by atoms with van der Waals surface area (Å²) in [7, 11) is 0. The van der Waals surface area contributed by atoms with Crippen molar-refractivity contribution in [1.82, 2.24) is 9.97 Å². The van der Waals surface area contributed by atoms with E-state index >= 15 is 0 Å². The lowest BCUT2D eigenvalue weighted by Crippen LogP contribution is -2.39. The van der Waals surface area contributed by atoms with Gasteiger partial charge < -0.3 is 21.1 Å². The molecule has 0 bridgehead atoms. The van der Waals surface area contributed by atoms with Crippen molar-refractivity contribution in [1.29, 1.82) is 0 Å².